The molecule has 0 saturated carbocycles. The van der Waals surface area contributed by atoms with Gasteiger partial charge in [0.05, 0.1) is 13.2 Å². The van der Waals surface area contributed by atoms with Crippen molar-refractivity contribution in [1.29, 1.82) is 0 Å². The first kappa shape index (κ1) is 20.1. The number of carbonyl (C=O) groups excluding carboxylic acids is 3. The molecule has 8 heteroatoms. The fourth-order valence-corrected chi connectivity index (χ4v) is 2.97. The van der Waals surface area contributed by atoms with Crippen molar-refractivity contribution in [3.63, 3.8) is 0 Å². The summed E-state index contributed by atoms with van der Waals surface area (Å²) in [7, 11) is 0. The summed E-state index contributed by atoms with van der Waals surface area (Å²) in [5.41, 5.74) is -1.07. The van der Waals surface area contributed by atoms with Crippen LogP contribution in [0.3, 0.4) is 0 Å². The lowest BCUT2D eigenvalue weighted by molar-refractivity contribution is -0.577. The van der Waals surface area contributed by atoms with E-state index in [1.807, 2.05) is 24.3 Å². The van der Waals surface area contributed by atoms with Crippen LogP contribution in [0.4, 0.5) is 0 Å². The van der Waals surface area contributed by atoms with Gasteiger partial charge in [0.2, 0.25) is 0 Å². The zero-order valence-electron chi connectivity index (χ0n) is 16.0. The molecule has 1 aliphatic rings. The molecule has 2 aromatic rings. The lowest BCUT2D eigenvalue weighted by Crippen LogP contribution is -2.40. The molecule has 0 atom stereocenters. The van der Waals surface area contributed by atoms with E-state index >= 15 is 0 Å². The Morgan fingerprint density at radius 2 is 1.72 bits per heavy atom. The molecule has 1 aromatic carbocycles. The number of aliphatic hydroxyl groups excluding tert-OH is 1. The molecule has 0 spiro atoms. The average molecular weight is 398 g/mol. The van der Waals surface area contributed by atoms with Crippen LogP contribution in [0.25, 0.3) is 16.5 Å². The monoisotopic (exact) mass is 398 g/mol. The molecule has 0 radical (unpaired) electrons. The van der Waals surface area contributed by atoms with Crippen LogP contribution in [0.5, 0.6) is 0 Å². The predicted octanol–water partition coefficient (Wildman–Crippen LogP) is 1.83. The first-order valence-electron chi connectivity index (χ1n) is 9.06. The maximum Gasteiger partial charge on any atom is 0.405 e. The van der Waals surface area contributed by atoms with Crippen molar-refractivity contribution in [2.75, 3.05) is 19.8 Å². The molecule has 0 unspecified atom stereocenters. The zero-order chi connectivity index (χ0) is 21.0. The molecule has 1 N–H and O–H groups in total. The Morgan fingerprint density at radius 3 is 2.34 bits per heavy atom. The molecule has 0 aliphatic carbocycles. The van der Waals surface area contributed by atoms with Crippen molar-refractivity contribution in [2.45, 2.75) is 13.8 Å². The second-order valence-electron chi connectivity index (χ2n) is 6.04. The predicted molar refractivity (Wildman–Crippen MR) is 101 cm³/mol. The molecule has 2 heterocycles. The fraction of sp³-hybridized carbons (Fsp3) is 0.238. The van der Waals surface area contributed by atoms with E-state index in [4.69, 9.17) is 14.2 Å². The summed E-state index contributed by atoms with van der Waals surface area (Å²) in [6.07, 6.45) is 3.18. The highest BCUT2D eigenvalue weighted by atomic mass is 16.6. The third kappa shape index (κ3) is 3.96. The van der Waals surface area contributed by atoms with Crippen LogP contribution in [-0.4, -0.2) is 42.8 Å². The van der Waals surface area contributed by atoms with Gasteiger partial charge in [0.15, 0.2) is 18.0 Å². The number of carbonyl (C=O) groups is 3. The van der Waals surface area contributed by atoms with Crippen molar-refractivity contribution in [3.8, 4) is 0 Å². The highest BCUT2D eigenvalue weighted by Crippen LogP contribution is 2.27. The number of nitrogens with zero attached hydrogens (tertiary/aromatic N) is 1. The molecule has 3 rings (SSSR count). The number of hydrogen-bond donors (Lipinski definition) is 1. The number of aromatic nitrogens is 1. The molecule has 150 valence electrons. The van der Waals surface area contributed by atoms with Crippen LogP contribution in [-0.2, 0) is 28.6 Å². The van der Waals surface area contributed by atoms with Crippen LogP contribution in [0, 0.1) is 0 Å². The van der Waals surface area contributed by atoms with Gasteiger partial charge in [-0.15, -0.1) is 0 Å². The SMILES string of the molecule is CCOC(=O)/C(C1=C(O)COC1=O)=C(\C(=O)OCC)[n+]1ccc2ccccc2c1. The van der Waals surface area contributed by atoms with E-state index in [-0.39, 0.29) is 18.9 Å². The Hall–Kier alpha value is -3.68. The number of fused-ring (bicyclic) bond motifs is 1. The van der Waals surface area contributed by atoms with E-state index in [1.54, 1.807) is 32.3 Å². The first-order chi connectivity index (χ1) is 14.0. The minimum atomic E-state index is -0.948. The van der Waals surface area contributed by atoms with Gasteiger partial charge in [-0.3, -0.25) is 0 Å². The lowest BCUT2D eigenvalue weighted by Gasteiger charge is -2.10. The number of esters is 3. The maximum atomic E-state index is 12.8. The maximum absolute atomic E-state index is 12.8. The zero-order valence-corrected chi connectivity index (χ0v) is 16.0. The Labute approximate surface area is 166 Å². The Kier molecular flexibility index (Phi) is 5.92. The summed E-state index contributed by atoms with van der Waals surface area (Å²) in [4.78, 5) is 37.8. The Morgan fingerprint density at radius 1 is 1.07 bits per heavy atom. The van der Waals surface area contributed by atoms with Crippen molar-refractivity contribution >= 4 is 34.4 Å². The van der Waals surface area contributed by atoms with Gasteiger partial charge in [-0.05, 0) is 25.3 Å². The number of ether oxygens (including phenoxy) is 3. The molecule has 1 aromatic heterocycles. The van der Waals surface area contributed by atoms with Crippen LogP contribution in [0.1, 0.15) is 13.8 Å². The van der Waals surface area contributed by atoms with Gasteiger partial charge in [0.25, 0.3) is 0 Å². The van der Waals surface area contributed by atoms with Gasteiger partial charge in [0, 0.05) is 11.5 Å². The molecule has 1 aliphatic heterocycles. The molecular formula is C21H20NO7+. The third-order valence-corrected chi connectivity index (χ3v) is 4.21. The summed E-state index contributed by atoms with van der Waals surface area (Å²) < 4.78 is 16.4. The molecule has 29 heavy (non-hydrogen) atoms. The van der Waals surface area contributed by atoms with Crippen molar-refractivity contribution < 1.29 is 38.3 Å². The second-order valence-corrected chi connectivity index (χ2v) is 6.04. The van der Waals surface area contributed by atoms with Gasteiger partial charge in [-0.25, -0.2) is 14.4 Å². The summed E-state index contributed by atoms with van der Waals surface area (Å²) in [6, 6.07) is 9.17. The van der Waals surface area contributed by atoms with Gasteiger partial charge in [-0.1, -0.05) is 18.2 Å². The summed E-state index contributed by atoms with van der Waals surface area (Å²) >= 11 is 0. The minimum absolute atomic E-state index is 0.00388. The van der Waals surface area contributed by atoms with E-state index in [1.165, 1.54) is 4.57 Å². The third-order valence-electron chi connectivity index (χ3n) is 4.21. The average Bonchev–Trinajstić information content (AvgIpc) is 3.04. The van der Waals surface area contributed by atoms with E-state index < -0.39 is 41.4 Å². The Bertz CT molecular complexity index is 1050. The van der Waals surface area contributed by atoms with E-state index in [9.17, 15) is 19.5 Å². The lowest BCUT2D eigenvalue weighted by atomic mass is 10.0. The molecule has 0 bridgehead atoms. The molecule has 0 amide bonds. The van der Waals surface area contributed by atoms with Crippen LogP contribution in [0.2, 0.25) is 0 Å². The second kappa shape index (κ2) is 8.55. The summed E-state index contributed by atoms with van der Waals surface area (Å²) in [6.45, 7) is 2.86. The molecule has 0 saturated heterocycles. The van der Waals surface area contributed by atoms with Crippen molar-refractivity contribution in [2.24, 2.45) is 0 Å². The van der Waals surface area contributed by atoms with E-state index in [2.05, 4.69) is 0 Å². The number of benzene rings is 1. The number of rotatable bonds is 6. The van der Waals surface area contributed by atoms with Crippen LogP contribution < -0.4 is 4.57 Å². The van der Waals surface area contributed by atoms with Crippen LogP contribution in [0.15, 0.2) is 59.6 Å². The molecule has 8 nitrogen and oxygen atoms in total. The van der Waals surface area contributed by atoms with Gasteiger partial charge < -0.3 is 19.3 Å². The highest BCUT2D eigenvalue weighted by molar-refractivity contribution is 6.21. The number of cyclic esters (lactones) is 1. The number of aliphatic hydroxyl groups is 1. The van der Waals surface area contributed by atoms with E-state index in [0.717, 1.165) is 10.8 Å². The highest BCUT2D eigenvalue weighted by Gasteiger charge is 2.41. The van der Waals surface area contributed by atoms with Crippen molar-refractivity contribution in [3.05, 3.63) is 59.6 Å². The normalized spacial score (nSPS) is 14.5. The fourth-order valence-electron chi connectivity index (χ4n) is 2.97. The van der Waals surface area contributed by atoms with Gasteiger partial charge in [0.1, 0.15) is 17.9 Å². The number of hydrogen-bond acceptors (Lipinski definition) is 7. The van der Waals surface area contributed by atoms with E-state index in [0.29, 0.717) is 0 Å². The Balaban J connectivity index is 2.33. The number of pyridine rings is 1. The quantitative estimate of drug-likeness (QED) is 0.343. The summed E-state index contributed by atoms with van der Waals surface area (Å²) in [5.74, 6) is -3.18. The molecular weight excluding hydrogens is 378 g/mol. The largest absolute Gasteiger partial charge is 0.508 e. The smallest absolute Gasteiger partial charge is 0.405 e. The molecule has 0 fully saturated rings. The van der Waals surface area contributed by atoms with Crippen LogP contribution >= 0.6 is 0 Å². The van der Waals surface area contributed by atoms with Gasteiger partial charge >= 0.3 is 23.6 Å². The summed E-state index contributed by atoms with van der Waals surface area (Å²) in [5, 5.41) is 11.9. The van der Waals surface area contributed by atoms with Gasteiger partial charge in [-0.2, -0.15) is 4.57 Å². The topological polar surface area (TPSA) is 103 Å². The minimum Gasteiger partial charge on any atom is -0.508 e. The standard InChI is InChI=1S/C21H19NO7/c1-3-27-20(25)17(16-15(23)12-29-19(16)24)18(21(26)28-4-2)22-10-9-13-7-5-6-8-14(13)11-22/h5-11H,3-4,12H2,1-2H3/p+1. The first-order valence-corrected chi connectivity index (χ1v) is 9.06. The van der Waals surface area contributed by atoms with Crippen molar-refractivity contribution in [1.82, 2.24) is 0 Å².